The molecule has 2 aromatic rings. The van der Waals surface area contributed by atoms with Crippen molar-refractivity contribution in [3.8, 4) is 0 Å². The second kappa shape index (κ2) is 7.91. The van der Waals surface area contributed by atoms with E-state index >= 15 is 0 Å². The van der Waals surface area contributed by atoms with Gasteiger partial charge in [0.05, 0.1) is 9.79 Å². The van der Waals surface area contributed by atoms with Crippen molar-refractivity contribution in [2.24, 2.45) is 0 Å². The van der Waals surface area contributed by atoms with Gasteiger partial charge in [0.25, 0.3) is 0 Å². The summed E-state index contributed by atoms with van der Waals surface area (Å²) in [5, 5.41) is 1.84. The number of benzene rings is 2. The lowest BCUT2D eigenvalue weighted by Gasteiger charge is -2.15. The van der Waals surface area contributed by atoms with Crippen molar-refractivity contribution >= 4 is 22.0 Å². The fourth-order valence-corrected chi connectivity index (χ4v) is 3.64. The second-order valence-electron chi connectivity index (χ2n) is 5.91. The highest BCUT2D eigenvalue weighted by Gasteiger charge is 2.39. The van der Waals surface area contributed by atoms with Gasteiger partial charge in [0.15, 0.2) is 0 Å². The van der Waals surface area contributed by atoms with E-state index in [1.165, 1.54) is 55.5 Å². The van der Waals surface area contributed by atoms with Crippen LogP contribution in [0.2, 0.25) is 0 Å². The molecule has 0 unspecified atom stereocenters. The van der Waals surface area contributed by atoms with Crippen molar-refractivity contribution in [2.75, 3.05) is 0 Å². The van der Waals surface area contributed by atoms with E-state index in [4.69, 9.17) is 0 Å². The number of rotatable bonds is 6. The first-order chi connectivity index (χ1) is 12.5. The topological polar surface area (TPSA) is 80.3 Å². The molecule has 0 saturated carbocycles. The summed E-state index contributed by atoms with van der Waals surface area (Å²) in [6.07, 6.45) is -4.24. The van der Waals surface area contributed by atoms with Crippen LogP contribution < -0.4 is 5.32 Å². The quantitative estimate of drug-likeness (QED) is 0.758. The number of carbonyl (C=O) groups is 2. The van der Waals surface area contributed by atoms with E-state index in [0.717, 1.165) is 0 Å². The Kier molecular flexibility index (Phi) is 6.04. The van der Waals surface area contributed by atoms with Crippen molar-refractivity contribution in [1.29, 1.82) is 0 Å². The van der Waals surface area contributed by atoms with Gasteiger partial charge in [-0.25, -0.2) is 8.42 Å². The van der Waals surface area contributed by atoms with Crippen LogP contribution in [0.3, 0.4) is 0 Å². The first-order valence-corrected chi connectivity index (χ1v) is 9.29. The maximum atomic E-state index is 12.6. The van der Waals surface area contributed by atoms with Gasteiger partial charge in [-0.1, -0.05) is 24.3 Å². The Labute approximate surface area is 154 Å². The zero-order chi connectivity index (χ0) is 20.2. The van der Waals surface area contributed by atoms with Gasteiger partial charge in [-0.05, 0) is 43.2 Å². The molecule has 2 aromatic carbocycles. The normalized spacial score (nSPS) is 13.0. The zero-order valence-electron chi connectivity index (χ0n) is 14.2. The summed E-state index contributed by atoms with van der Waals surface area (Å²) < 4.78 is 61.8. The molecule has 1 atom stereocenters. The number of halogens is 3. The van der Waals surface area contributed by atoms with Crippen LogP contribution in [0, 0.1) is 0 Å². The standard InChI is InChI=1S/C18H16F3NO4S/c1-12(22-17(24)18(19,20)21)10-13-2-6-15(7-3-13)27(25,26)16-8-4-14(11-23)5-9-16/h2-9,11-12H,10H2,1H3,(H,22,24)/t12-/m1/s1. The summed E-state index contributed by atoms with van der Waals surface area (Å²) in [6.45, 7) is 1.42. The Hall–Kier alpha value is -2.68. The fourth-order valence-electron chi connectivity index (χ4n) is 2.38. The average Bonchev–Trinajstić information content (AvgIpc) is 2.61. The summed E-state index contributed by atoms with van der Waals surface area (Å²) in [6, 6.07) is 10.3. The van der Waals surface area contributed by atoms with E-state index in [2.05, 4.69) is 0 Å². The molecule has 27 heavy (non-hydrogen) atoms. The molecule has 0 aliphatic carbocycles. The summed E-state index contributed by atoms with van der Waals surface area (Å²) in [4.78, 5) is 21.6. The van der Waals surface area contributed by atoms with Crippen LogP contribution in [0.15, 0.2) is 58.3 Å². The maximum absolute atomic E-state index is 12.6. The minimum Gasteiger partial charge on any atom is -0.345 e. The van der Waals surface area contributed by atoms with Gasteiger partial charge >= 0.3 is 12.1 Å². The van der Waals surface area contributed by atoms with Crippen LogP contribution in [0.5, 0.6) is 0 Å². The Morgan fingerprint density at radius 3 is 1.96 bits per heavy atom. The third-order valence-electron chi connectivity index (χ3n) is 3.74. The van der Waals surface area contributed by atoms with Crippen LogP contribution in [0.25, 0.3) is 0 Å². The summed E-state index contributed by atoms with van der Waals surface area (Å²) >= 11 is 0. The lowest BCUT2D eigenvalue weighted by molar-refractivity contribution is -0.174. The molecule has 0 saturated heterocycles. The molecule has 0 radical (unpaired) electrons. The molecule has 0 fully saturated rings. The number of sulfone groups is 1. The largest absolute Gasteiger partial charge is 0.471 e. The predicted molar refractivity (Wildman–Crippen MR) is 91.1 cm³/mol. The molecular formula is C18H16F3NO4S. The van der Waals surface area contributed by atoms with E-state index in [9.17, 15) is 31.2 Å². The highest BCUT2D eigenvalue weighted by Crippen LogP contribution is 2.22. The molecule has 0 aliphatic heterocycles. The monoisotopic (exact) mass is 399 g/mol. The number of alkyl halides is 3. The molecule has 5 nitrogen and oxygen atoms in total. The number of aldehydes is 1. The fraction of sp³-hybridized carbons (Fsp3) is 0.222. The Bertz CT molecular complexity index is 921. The van der Waals surface area contributed by atoms with Crippen LogP contribution in [-0.2, 0) is 21.1 Å². The summed E-state index contributed by atoms with van der Waals surface area (Å²) in [7, 11) is -3.78. The molecule has 9 heteroatoms. The van der Waals surface area contributed by atoms with Gasteiger partial charge in [0.2, 0.25) is 9.84 Å². The average molecular weight is 399 g/mol. The van der Waals surface area contributed by atoms with Crippen LogP contribution in [0.4, 0.5) is 13.2 Å². The Morgan fingerprint density at radius 1 is 1.04 bits per heavy atom. The number of hydrogen-bond donors (Lipinski definition) is 1. The third kappa shape index (κ3) is 5.16. The predicted octanol–water partition coefficient (Wildman–Crippen LogP) is 2.94. The molecular weight excluding hydrogens is 383 g/mol. The number of nitrogens with one attached hydrogen (secondary N) is 1. The van der Waals surface area contributed by atoms with Gasteiger partial charge in [0.1, 0.15) is 6.29 Å². The van der Waals surface area contributed by atoms with Crippen molar-refractivity contribution < 1.29 is 31.2 Å². The number of amides is 1. The Balaban J connectivity index is 2.11. The molecule has 144 valence electrons. The molecule has 0 aliphatic rings. The van der Waals surface area contributed by atoms with Gasteiger partial charge < -0.3 is 5.32 Å². The number of hydrogen-bond acceptors (Lipinski definition) is 4. The highest BCUT2D eigenvalue weighted by molar-refractivity contribution is 7.91. The maximum Gasteiger partial charge on any atom is 0.471 e. The van der Waals surface area contributed by atoms with E-state index < -0.39 is 28.0 Å². The highest BCUT2D eigenvalue weighted by atomic mass is 32.2. The van der Waals surface area contributed by atoms with E-state index in [-0.39, 0.29) is 16.2 Å². The minimum atomic E-state index is -4.95. The van der Waals surface area contributed by atoms with Gasteiger partial charge in [-0.15, -0.1) is 0 Å². The molecule has 1 N–H and O–H groups in total. The van der Waals surface area contributed by atoms with Crippen LogP contribution in [-0.4, -0.2) is 32.8 Å². The minimum absolute atomic E-state index is 0.0112. The molecule has 0 aromatic heterocycles. The van der Waals surface area contributed by atoms with Crippen molar-refractivity contribution in [2.45, 2.75) is 35.4 Å². The summed E-state index contributed by atoms with van der Waals surface area (Å²) in [5.41, 5.74) is 0.916. The lowest BCUT2D eigenvalue weighted by Crippen LogP contribution is -2.42. The van der Waals surface area contributed by atoms with Gasteiger partial charge in [-0.2, -0.15) is 13.2 Å². The van der Waals surface area contributed by atoms with Gasteiger partial charge in [0, 0.05) is 11.6 Å². The third-order valence-corrected chi connectivity index (χ3v) is 5.52. The van der Waals surface area contributed by atoms with Crippen molar-refractivity contribution in [3.05, 3.63) is 59.7 Å². The van der Waals surface area contributed by atoms with E-state index in [1.54, 1.807) is 0 Å². The lowest BCUT2D eigenvalue weighted by atomic mass is 10.1. The molecule has 1 amide bonds. The van der Waals surface area contributed by atoms with Gasteiger partial charge in [-0.3, -0.25) is 9.59 Å². The smallest absolute Gasteiger partial charge is 0.345 e. The van der Waals surface area contributed by atoms with E-state index in [0.29, 0.717) is 17.4 Å². The van der Waals surface area contributed by atoms with Crippen molar-refractivity contribution in [1.82, 2.24) is 5.32 Å². The summed E-state index contributed by atoms with van der Waals surface area (Å²) in [5.74, 6) is -2.02. The zero-order valence-corrected chi connectivity index (χ0v) is 15.0. The van der Waals surface area contributed by atoms with Crippen LogP contribution >= 0.6 is 0 Å². The van der Waals surface area contributed by atoms with Crippen LogP contribution in [0.1, 0.15) is 22.8 Å². The molecule has 0 bridgehead atoms. The molecule has 2 rings (SSSR count). The SMILES string of the molecule is C[C@H](Cc1ccc(S(=O)(=O)c2ccc(C=O)cc2)cc1)NC(=O)C(F)(F)F. The van der Waals surface area contributed by atoms with Crippen molar-refractivity contribution in [3.63, 3.8) is 0 Å². The first-order valence-electron chi connectivity index (χ1n) is 7.81. The first kappa shape index (κ1) is 20.6. The molecule has 0 spiro atoms. The molecule has 0 heterocycles. The van der Waals surface area contributed by atoms with E-state index in [1.807, 2.05) is 5.32 Å². The second-order valence-corrected chi connectivity index (χ2v) is 7.86. The Morgan fingerprint density at radius 2 is 1.52 bits per heavy atom. The number of carbonyl (C=O) groups excluding carboxylic acids is 2.